The second-order valence-electron chi connectivity index (χ2n) is 7.80. The highest BCUT2D eigenvalue weighted by Gasteiger charge is 2.44. The second-order valence-corrected chi connectivity index (χ2v) is 12.6. The van der Waals surface area contributed by atoms with Crippen molar-refractivity contribution < 1.29 is 18.7 Å². The largest absolute Gasteiger partial charge is 0.467 e. The van der Waals surface area contributed by atoms with Gasteiger partial charge in [0.15, 0.2) is 13.1 Å². The Morgan fingerprint density at radius 2 is 1.64 bits per heavy atom. The topological polar surface area (TPSA) is 44.8 Å². The molecule has 5 heteroatoms. The highest BCUT2D eigenvalue weighted by molar-refractivity contribution is 6.88. The highest BCUT2D eigenvalue weighted by atomic mass is 28.4. The van der Waals surface area contributed by atoms with Crippen molar-refractivity contribution in [2.75, 3.05) is 13.9 Å². The minimum Gasteiger partial charge on any atom is -0.467 e. The average molecular weight is 401 g/mol. The molecule has 0 aromatic heterocycles. The highest BCUT2D eigenvalue weighted by Crippen LogP contribution is 2.35. The molecule has 0 bridgehead atoms. The van der Waals surface area contributed by atoms with Gasteiger partial charge in [0.05, 0.1) is 12.2 Å². The van der Waals surface area contributed by atoms with Gasteiger partial charge in [0.1, 0.15) is 5.75 Å². The van der Waals surface area contributed by atoms with Crippen LogP contribution in [0.1, 0.15) is 49.2 Å². The summed E-state index contributed by atoms with van der Waals surface area (Å²) < 4.78 is 17.2. The Bertz CT molecular complexity index is 761. The van der Waals surface area contributed by atoms with Gasteiger partial charge in [-0.1, -0.05) is 63.6 Å². The zero-order chi connectivity index (χ0) is 20.7. The maximum Gasteiger partial charge on any atom is 0.229 e. The van der Waals surface area contributed by atoms with Gasteiger partial charge in [0.25, 0.3) is 0 Å². The summed E-state index contributed by atoms with van der Waals surface area (Å²) in [7, 11) is -0.811. The third kappa shape index (κ3) is 4.90. The first-order valence-electron chi connectivity index (χ1n) is 9.76. The Kier molecular flexibility index (Phi) is 7.98. The van der Waals surface area contributed by atoms with Crippen LogP contribution in [0.4, 0.5) is 0 Å². The molecule has 0 saturated heterocycles. The number of hydrogen-bond donors (Lipinski definition) is 0. The Hall–Kier alpha value is -1.95. The molecule has 28 heavy (non-hydrogen) atoms. The molecule has 0 aliphatic rings. The standard InChI is InChI=1S/C23H32O4Si/c1-17(2)28(18(3)4,27-15-20-9-7-19(5)8-10-20)22-11-12-23(26-16-25-6)21(13-22)14-24/h7-14,17-18H,15-16H2,1-6H3. The number of ether oxygens (including phenoxy) is 2. The molecule has 0 amide bonds. The first kappa shape index (κ1) is 22.3. The van der Waals surface area contributed by atoms with Crippen LogP contribution in [-0.2, 0) is 15.8 Å². The van der Waals surface area contributed by atoms with Gasteiger partial charge in [-0.25, -0.2) is 0 Å². The van der Waals surface area contributed by atoms with Crippen LogP contribution in [0.25, 0.3) is 0 Å². The summed E-state index contributed by atoms with van der Waals surface area (Å²) in [6.07, 6.45) is 0.842. The van der Waals surface area contributed by atoms with Crippen LogP contribution in [0.15, 0.2) is 42.5 Å². The van der Waals surface area contributed by atoms with Crippen LogP contribution >= 0.6 is 0 Å². The Labute approximate surface area is 170 Å². The number of aryl methyl sites for hydroxylation is 1. The van der Waals surface area contributed by atoms with E-state index in [1.54, 1.807) is 7.11 Å². The summed E-state index contributed by atoms with van der Waals surface area (Å²) in [5.41, 5.74) is 3.64. The molecule has 152 valence electrons. The van der Waals surface area contributed by atoms with Gasteiger partial charge in [-0.15, -0.1) is 0 Å². The summed E-state index contributed by atoms with van der Waals surface area (Å²) in [6.45, 7) is 11.6. The quantitative estimate of drug-likeness (QED) is 0.320. The molecule has 0 aliphatic carbocycles. The first-order chi connectivity index (χ1) is 13.3. The maximum absolute atomic E-state index is 11.7. The molecule has 2 aromatic carbocycles. The summed E-state index contributed by atoms with van der Waals surface area (Å²) in [5, 5.41) is 1.12. The molecule has 0 spiro atoms. The van der Waals surface area contributed by atoms with Crippen molar-refractivity contribution in [1.82, 2.24) is 0 Å². The van der Waals surface area contributed by atoms with Gasteiger partial charge >= 0.3 is 0 Å². The van der Waals surface area contributed by atoms with Crippen molar-refractivity contribution in [3.63, 3.8) is 0 Å². The molecule has 0 heterocycles. The van der Waals surface area contributed by atoms with Crippen LogP contribution in [0, 0.1) is 6.92 Å². The van der Waals surface area contributed by atoms with Crippen molar-refractivity contribution in [3.05, 3.63) is 59.2 Å². The van der Waals surface area contributed by atoms with Gasteiger partial charge in [0.2, 0.25) is 8.32 Å². The number of hydrogen-bond acceptors (Lipinski definition) is 4. The number of rotatable bonds is 10. The van der Waals surface area contributed by atoms with Gasteiger partial charge in [-0.2, -0.15) is 0 Å². The number of carbonyl (C=O) groups excluding carboxylic acids is 1. The summed E-state index contributed by atoms with van der Waals surface area (Å²) in [6, 6.07) is 14.3. The Morgan fingerprint density at radius 3 is 2.18 bits per heavy atom. The van der Waals surface area contributed by atoms with E-state index in [0.29, 0.717) is 29.0 Å². The van der Waals surface area contributed by atoms with E-state index in [-0.39, 0.29) is 6.79 Å². The van der Waals surface area contributed by atoms with Gasteiger partial charge in [0, 0.05) is 7.11 Å². The van der Waals surface area contributed by atoms with E-state index in [9.17, 15) is 4.79 Å². The smallest absolute Gasteiger partial charge is 0.229 e. The van der Waals surface area contributed by atoms with Crippen molar-refractivity contribution >= 4 is 19.8 Å². The third-order valence-electron chi connectivity index (χ3n) is 5.23. The number of methoxy groups -OCH3 is 1. The first-order valence-corrected chi connectivity index (χ1v) is 11.8. The average Bonchev–Trinajstić information content (AvgIpc) is 2.68. The Morgan fingerprint density at radius 1 is 1.00 bits per heavy atom. The van der Waals surface area contributed by atoms with E-state index in [4.69, 9.17) is 13.9 Å². The van der Waals surface area contributed by atoms with Crippen LogP contribution in [0.2, 0.25) is 11.1 Å². The van der Waals surface area contributed by atoms with Gasteiger partial charge in [-0.05, 0) is 40.9 Å². The molecular weight excluding hydrogens is 368 g/mol. The van der Waals surface area contributed by atoms with Gasteiger partial charge in [-0.3, -0.25) is 4.79 Å². The second kappa shape index (κ2) is 10.0. The lowest BCUT2D eigenvalue weighted by molar-refractivity contribution is 0.0505. The summed E-state index contributed by atoms with van der Waals surface area (Å²) >= 11 is 0. The molecule has 2 aromatic rings. The third-order valence-corrected chi connectivity index (χ3v) is 10.5. The molecule has 0 atom stereocenters. The molecule has 0 unspecified atom stereocenters. The minimum atomic E-state index is -2.37. The monoisotopic (exact) mass is 400 g/mol. The predicted molar refractivity (Wildman–Crippen MR) is 116 cm³/mol. The molecular formula is C23H32O4Si. The van der Waals surface area contributed by atoms with Crippen molar-refractivity contribution in [2.24, 2.45) is 0 Å². The lowest BCUT2D eigenvalue weighted by atomic mass is 10.2. The lowest BCUT2D eigenvalue weighted by Crippen LogP contribution is -2.56. The minimum absolute atomic E-state index is 0.112. The molecule has 0 aliphatic heterocycles. The fourth-order valence-corrected chi connectivity index (χ4v) is 8.40. The number of carbonyl (C=O) groups is 1. The molecule has 0 radical (unpaired) electrons. The molecule has 0 fully saturated rings. The number of benzene rings is 2. The predicted octanol–water partition coefficient (Wildman–Crippen LogP) is 4.98. The van der Waals surface area contributed by atoms with Crippen LogP contribution in [0.5, 0.6) is 5.75 Å². The van der Waals surface area contributed by atoms with Crippen LogP contribution in [0.3, 0.4) is 0 Å². The van der Waals surface area contributed by atoms with E-state index in [1.807, 2.05) is 12.1 Å². The zero-order valence-electron chi connectivity index (χ0n) is 17.8. The summed E-state index contributed by atoms with van der Waals surface area (Å²) in [4.78, 5) is 11.7. The van der Waals surface area contributed by atoms with Crippen molar-refractivity contribution in [1.29, 1.82) is 0 Å². The fraction of sp³-hybridized carbons (Fsp3) is 0.435. The normalized spacial score (nSPS) is 11.9. The molecule has 2 rings (SSSR count). The van der Waals surface area contributed by atoms with E-state index in [0.717, 1.165) is 11.5 Å². The van der Waals surface area contributed by atoms with E-state index in [1.165, 1.54) is 11.1 Å². The SMILES string of the molecule is COCOc1ccc([Si](OCc2ccc(C)cc2)(C(C)C)C(C)C)cc1C=O. The maximum atomic E-state index is 11.7. The fourth-order valence-electron chi connectivity index (χ4n) is 3.77. The van der Waals surface area contributed by atoms with Gasteiger partial charge < -0.3 is 13.9 Å². The van der Waals surface area contributed by atoms with Crippen LogP contribution < -0.4 is 9.92 Å². The molecule has 4 nitrogen and oxygen atoms in total. The summed E-state index contributed by atoms with van der Waals surface area (Å²) in [5.74, 6) is 0.537. The van der Waals surface area contributed by atoms with E-state index in [2.05, 4.69) is 65.0 Å². The number of aldehydes is 1. The van der Waals surface area contributed by atoms with E-state index >= 15 is 0 Å². The van der Waals surface area contributed by atoms with Crippen molar-refractivity contribution in [3.8, 4) is 5.75 Å². The molecule has 0 saturated carbocycles. The molecule has 0 N–H and O–H groups in total. The Balaban J connectivity index is 2.41. The van der Waals surface area contributed by atoms with E-state index < -0.39 is 8.32 Å². The lowest BCUT2D eigenvalue weighted by Gasteiger charge is -2.39. The zero-order valence-corrected chi connectivity index (χ0v) is 18.8. The van der Waals surface area contributed by atoms with Crippen LogP contribution in [-0.4, -0.2) is 28.5 Å². The van der Waals surface area contributed by atoms with Crippen molar-refractivity contribution in [2.45, 2.75) is 52.3 Å².